The van der Waals surface area contributed by atoms with E-state index in [4.69, 9.17) is 9.47 Å². The SMILES string of the molecule is CN=C(NCCc1nnc2ccccn12)NCc1ccc(OC)c(OC)c1. The van der Waals surface area contributed by atoms with Gasteiger partial charge in [0.15, 0.2) is 23.1 Å². The molecule has 0 aliphatic rings. The van der Waals surface area contributed by atoms with Gasteiger partial charge in [0, 0.05) is 32.8 Å². The molecule has 0 unspecified atom stereocenters. The molecular weight excluding hydrogens is 344 g/mol. The van der Waals surface area contributed by atoms with Gasteiger partial charge in [0.2, 0.25) is 0 Å². The van der Waals surface area contributed by atoms with Crippen LogP contribution in [0.5, 0.6) is 11.5 Å². The van der Waals surface area contributed by atoms with Gasteiger partial charge in [-0.15, -0.1) is 10.2 Å². The highest BCUT2D eigenvalue weighted by Crippen LogP contribution is 2.27. The Morgan fingerprint density at radius 2 is 1.93 bits per heavy atom. The Kier molecular flexibility index (Phi) is 6.09. The number of guanidine groups is 1. The van der Waals surface area contributed by atoms with Crippen molar-refractivity contribution in [3.8, 4) is 11.5 Å². The van der Waals surface area contributed by atoms with Gasteiger partial charge in [0.1, 0.15) is 5.82 Å². The van der Waals surface area contributed by atoms with E-state index in [9.17, 15) is 0 Å². The third-order valence-electron chi connectivity index (χ3n) is 4.16. The number of hydrogen-bond acceptors (Lipinski definition) is 5. The van der Waals surface area contributed by atoms with Crippen molar-refractivity contribution in [3.63, 3.8) is 0 Å². The molecule has 0 saturated heterocycles. The number of aromatic nitrogens is 3. The molecule has 0 spiro atoms. The average molecular weight is 368 g/mol. The predicted octanol–water partition coefficient (Wildman–Crippen LogP) is 1.65. The Morgan fingerprint density at radius 3 is 2.70 bits per heavy atom. The standard InChI is InChI=1S/C19H24N6O2/c1-20-19(22-13-14-7-8-15(26-2)16(12-14)27-3)21-10-9-18-24-23-17-6-4-5-11-25(17)18/h4-8,11-12H,9-10,13H2,1-3H3,(H2,20,21,22). The first-order valence-electron chi connectivity index (χ1n) is 8.69. The molecule has 0 saturated carbocycles. The first-order valence-corrected chi connectivity index (χ1v) is 8.69. The molecule has 142 valence electrons. The molecule has 2 heterocycles. The smallest absolute Gasteiger partial charge is 0.191 e. The van der Waals surface area contributed by atoms with Crippen LogP contribution in [-0.2, 0) is 13.0 Å². The summed E-state index contributed by atoms with van der Waals surface area (Å²) in [6, 6.07) is 11.7. The summed E-state index contributed by atoms with van der Waals surface area (Å²) in [6.45, 7) is 1.31. The van der Waals surface area contributed by atoms with Crippen LogP contribution in [0.15, 0.2) is 47.6 Å². The highest BCUT2D eigenvalue weighted by atomic mass is 16.5. The molecule has 0 amide bonds. The first-order chi connectivity index (χ1) is 13.2. The van der Waals surface area contributed by atoms with Crippen LogP contribution in [0.4, 0.5) is 0 Å². The van der Waals surface area contributed by atoms with Crippen LogP contribution in [0.2, 0.25) is 0 Å². The average Bonchev–Trinajstić information content (AvgIpc) is 3.13. The molecule has 8 heteroatoms. The number of aliphatic imine (C=N–C) groups is 1. The maximum Gasteiger partial charge on any atom is 0.191 e. The van der Waals surface area contributed by atoms with E-state index >= 15 is 0 Å². The van der Waals surface area contributed by atoms with E-state index in [2.05, 4.69) is 25.8 Å². The van der Waals surface area contributed by atoms with Gasteiger partial charge < -0.3 is 20.1 Å². The maximum atomic E-state index is 5.34. The Balaban J connectivity index is 1.52. The van der Waals surface area contributed by atoms with Crippen molar-refractivity contribution in [2.75, 3.05) is 27.8 Å². The summed E-state index contributed by atoms with van der Waals surface area (Å²) in [6.07, 6.45) is 2.71. The van der Waals surface area contributed by atoms with Gasteiger partial charge in [0.05, 0.1) is 14.2 Å². The fourth-order valence-corrected chi connectivity index (χ4v) is 2.75. The largest absolute Gasteiger partial charge is 0.493 e. The van der Waals surface area contributed by atoms with E-state index in [1.54, 1.807) is 21.3 Å². The zero-order valence-corrected chi connectivity index (χ0v) is 15.8. The summed E-state index contributed by atoms with van der Waals surface area (Å²) in [5.74, 6) is 3.05. The molecular formula is C19H24N6O2. The monoisotopic (exact) mass is 368 g/mol. The van der Waals surface area contributed by atoms with Crippen LogP contribution in [0.3, 0.4) is 0 Å². The summed E-state index contributed by atoms with van der Waals surface area (Å²) in [5, 5.41) is 15.0. The maximum absolute atomic E-state index is 5.34. The summed E-state index contributed by atoms with van der Waals surface area (Å²) in [4.78, 5) is 4.26. The molecule has 2 aromatic heterocycles. The van der Waals surface area contributed by atoms with Gasteiger partial charge in [-0.2, -0.15) is 0 Å². The minimum Gasteiger partial charge on any atom is -0.493 e. The van der Waals surface area contributed by atoms with Crippen LogP contribution >= 0.6 is 0 Å². The van der Waals surface area contributed by atoms with Crippen molar-refractivity contribution >= 4 is 11.6 Å². The molecule has 8 nitrogen and oxygen atoms in total. The lowest BCUT2D eigenvalue weighted by Crippen LogP contribution is -2.38. The highest BCUT2D eigenvalue weighted by molar-refractivity contribution is 5.79. The van der Waals surface area contributed by atoms with E-state index in [1.165, 1.54) is 0 Å². The number of methoxy groups -OCH3 is 2. The third kappa shape index (κ3) is 4.46. The molecule has 0 radical (unpaired) electrons. The normalized spacial score (nSPS) is 11.4. The molecule has 0 fully saturated rings. The Bertz CT molecular complexity index is 921. The van der Waals surface area contributed by atoms with Crippen LogP contribution in [-0.4, -0.2) is 48.4 Å². The zero-order chi connectivity index (χ0) is 19.1. The summed E-state index contributed by atoms with van der Waals surface area (Å²) >= 11 is 0. The Labute approximate surface area is 158 Å². The van der Waals surface area contributed by atoms with Crippen molar-refractivity contribution in [1.82, 2.24) is 25.2 Å². The Hall–Kier alpha value is -3.29. The molecule has 0 aliphatic heterocycles. The van der Waals surface area contributed by atoms with Gasteiger partial charge >= 0.3 is 0 Å². The van der Waals surface area contributed by atoms with Crippen molar-refractivity contribution in [3.05, 3.63) is 54.0 Å². The molecule has 1 aromatic carbocycles. The fraction of sp³-hybridized carbons (Fsp3) is 0.316. The first kappa shape index (κ1) is 18.5. The van der Waals surface area contributed by atoms with E-state index in [0.717, 1.165) is 29.4 Å². The van der Waals surface area contributed by atoms with E-state index in [0.29, 0.717) is 24.6 Å². The van der Waals surface area contributed by atoms with E-state index in [1.807, 2.05) is 47.0 Å². The minimum atomic E-state index is 0.619. The van der Waals surface area contributed by atoms with Crippen LogP contribution in [0, 0.1) is 0 Å². The number of hydrogen-bond donors (Lipinski definition) is 2. The number of benzene rings is 1. The summed E-state index contributed by atoms with van der Waals surface area (Å²) < 4.78 is 12.6. The molecule has 27 heavy (non-hydrogen) atoms. The quantitative estimate of drug-likeness (QED) is 0.487. The van der Waals surface area contributed by atoms with Crippen LogP contribution in [0.1, 0.15) is 11.4 Å². The molecule has 3 rings (SSSR count). The second-order valence-corrected chi connectivity index (χ2v) is 5.84. The lowest BCUT2D eigenvalue weighted by atomic mass is 10.2. The predicted molar refractivity (Wildman–Crippen MR) is 104 cm³/mol. The Morgan fingerprint density at radius 1 is 1.07 bits per heavy atom. The minimum absolute atomic E-state index is 0.619. The van der Waals surface area contributed by atoms with Gasteiger partial charge in [-0.1, -0.05) is 12.1 Å². The lowest BCUT2D eigenvalue weighted by molar-refractivity contribution is 0.354. The highest BCUT2D eigenvalue weighted by Gasteiger charge is 2.07. The second-order valence-electron chi connectivity index (χ2n) is 5.84. The van der Waals surface area contributed by atoms with Gasteiger partial charge in [-0.3, -0.25) is 9.39 Å². The van der Waals surface area contributed by atoms with E-state index < -0.39 is 0 Å². The molecule has 2 N–H and O–H groups in total. The third-order valence-corrected chi connectivity index (χ3v) is 4.16. The number of fused-ring (bicyclic) bond motifs is 1. The van der Waals surface area contributed by atoms with Crippen molar-refractivity contribution in [1.29, 1.82) is 0 Å². The number of nitrogens with one attached hydrogen (secondary N) is 2. The number of nitrogens with zero attached hydrogens (tertiary/aromatic N) is 4. The number of ether oxygens (including phenoxy) is 2. The summed E-state index contributed by atoms with van der Waals surface area (Å²) in [5.41, 5.74) is 1.92. The van der Waals surface area contributed by atoms with Crippen molar-refractivity contribution in [2.45, 2.75) is 13.0 Å². The zero-order valence-electron chi connectivity index (χ0n) is 15.8. The van der Waals surface area contributed by atoms with Crippen LogP contribution < -0.4 is 20.1 Å². The van der Waals surface area contributed by atoms with Gasteiger partial charge in [-0.25, -0.2) is 0 Å². The number of rotatable bonds is 7. The summed E-state index contributed by atoms with van der Waals surface area (Å²) in [7, 11) is 5.00. The molecule has 3 aromatic rings. The van der Waals surface area contributed by atoms with Crippen molar-refractivity contribution in [2.24, 2.45) is 4.99 Å². The van der Waals surface area contributed by atoms with Gasteiger partial charge in [-0.05, 0) is 29.8 Å². The second kappa shape index (κ2) is 8.88. The molecule has 0 aliphatic carbocycles. The molecule has 0 bridgehead atoms. The van der Waals surface area contributed by atoms with Crippen molar-refractivity contribution < 1.29 is 9.47 Å². The van der Waals surface area contributed by atoms with Gasteiger partial charge in [0.25, 0.3) is 0 Å². The fourth-order valence-electron chi connectivity index (χ4n) is 2.75. The topological polar surface area (TPSA) is 85.1 Å². The van der Waals surface area contributed by atoms with E-state index in [-0.39, 0.29) is 0 Å². The lowest BCUT2D eigenvalue weighted by Gasteiger charge is -2.13. The number of pyridine rings is 1. The molecule has 0 atom stereocenters. The van der Waals surface area contributed by atoms with Crippen LogP contribution in [0.25, 0.3) is 5.65 Å².